The third-order valence-corrected chi connectivity index (χ3v) is 7.36. The summed E-state index contributed by atoms with van der Waals surface area (Å²) in [6, 6.07) is 11.5. The highest BCUT2D eigenvalue weighted by Gasteiger charge is 2.41. The van der Waals surface area contributed by atoms with Crippen LogP contribution < -0.4 is 5.32 Å². The van der Waals surface area contributed by atoms with Gasteiger partial charge in [-0.05, 0) is 55.7 Å². The summed E-state index contributed by atoms with van der Waals surface area (Å²) in [7, 11) is 0. The first kappa shape index (κ1) is 20.9. The van der Waals surface area contributed by atoms with Crippen LogP contribution in [-0.4, -0.2) is 63.9 Å². The maximum atomic E-state index is 5.86. The first-order chi connectivity index (χ1) is 15.3. The molecule has 7 heteroatoms. The first-order valence-electron chi connectivity index (χ1n) is 11.8. The predicted octanol–water partition coefficient (Wildman–Crippen LogP) is 3.69. The van der Waals surface area contributed by atoms with Crippen molar-refractivity contribution < 1.29 is 4.74 Å². The van der Waals surface area contributed by atoms with Gasteiger partial charge in [-0.2, -0.15) is 0 Å². The Morgan fingerprint density at radius 1 is 1.06 bits per heavy atom. The van der Waals surface area contributed by atoms with E-state index in [2.05, 4.69) is 50.1 Å². The number of nitrogens with one attached hydrogen (secondary N) is 1. The molecule has 0 bridgehead atoms. The van der Waals surface area contributed by atoms with Crippen molar-refractivity contribution in [3.63, 3.8) is 0 Å². The molecule has 0 amide bonds. The van der Waals surface area contributed by atoms with Crippen LogP contribution in [0.4, 0.5) is 0 Å². The SMILES string of the molecule is S=C1NC(c2ccccn2)C(c2cccn2C2CCCC2)N1CCCN1CCOCC1. The fourth-order valence-corrected chi connectivity index (χ4v) is 5.76. The van der Waals surface area contributed by atoms with Crippen molar-refractivity contribution in [3.8, 4) is 0 Å². The van der Waals surface area contributed by atoms with Crippen LogP contribution in [0.2, 0.25) is 0 Å². The lowest BCUT2D eigenvalue weighted by atomic mass is 10.0. The lowest BCUT2D eigenvalue weighted by Crippen LogP contribution is -2.39. The van der Waals surface area contributed by atoms with Crippen molar-refractivity contribution in [1.82, 2.24) is 24.7 Å². The summed E-state index contributed by atoms with van der Waals surface area (Å²) in [6.07, 6.45) is 10.5. The van der Waals surface area contributed by atoms with Gasteiger partial charge in [-0.25, -0.2) is 0 Å². The van der Waals surface area contributed by atoms with Crippen LogP contribution in [0.1, 0.15) is 61.6 Å². The van der Waals surface area contributed by atoms with E-state index in [0.29, 0.717) is 6.04 Å². The van der Waals surface area contributed by atoms with E-state index in [-0.39, 0.29) is 12.1 Å². The Kier molecular flexibility index (Phi) is 6.53. The van der Waals surface area contributed by atoms with Gasteiger partial charge in [0.15, 0.2) is 5.11 Å². The number of rotatable bonds is 7. The average Bonchev–Trinajstić information content (AvgIpc) is 3.55. The maximum absolute atomic E-state index is 5.86. The molecular formula is C24H33N5OS. The van der Waals surface area contributed by atoms with E-state index < -0.39 is 0 Å². The summed E-state index contributed by atoms with van der Waals surface area (Å²) in [5, 5.41) is 4.46. The number of pyridine rings is 1. The number of hydrogen-bond donors (Lipinski definition) is 1. The van der Waals surface area contributed by atoms with E-state index in [0.717, 1.165) is 56.6 Å². The maximum Gasteiger partial charge on any atom is 0.170 e. The van der Waals surface area contributed by atoms with Gasteiger partial charge in [0, 0.05) is 50.3 Å². The molecule has 2 saturated heterocycles. The van der Waals surface area contributed by atoms with Crippen LogP contribution in [0, 0.1) is 0 Å². The third-order valence-electron chi connectivity index (χ3n) is 7.01. The minimum atomic E-state index is 0.0761. The zero-order chi connectivity index (χ0) is 21.0. The number of morpholine rings is 1. The highest BCUT2D eigenvalue weighted by Crippen LogP contribution is 2.41. The van der Waals surface area contributed by atoms with Crippen molar-refractivity contribution in [1.29, 1.82) is 0 Å². The van der Waals surface area contributed by atoms with Crippen LogP contribution in [0.5, 0.6) is 0 Å². The Hall–Kier alpha value is -1.96. The molecule has 166 valence electrons. The molecular weight excluding hydrogens is 406 g/mol. The second-order valence-electron chi connectivity index (χ2n) is 8.91. The van der Waals surface area contributed by atoms with Gasteiger partial charge in [0.1, 0.15) is 0 Å². The lowest BCUT2D eigenvalue weighted by Gasteiger charge is -2.31. The first-order valence-corrected chi connectivity index (χ1v) is 12.2. The molecule has 2 aromatic rings. The summed E-state index contributed by atoms with van der Waals surface area (Å²) < 4.78 is 8.02. The largest absolute Gasteiger partial charge is 0.379 e. The zero-order valence-electron chi connectivity index (χ0n) is 18.2. The molecule has 6 nitrogen and oxygen atoms in total. The molecule has 4 heterocycles. The number of ether oxygens (including phenoxy) is 1. The molecule has 2 aromatic heterocycles. The van der Waals surface area contributed by atoms with Crippen LogP contribution >= 0.6 is 12.2 Å². The van der Waals surface area contributed by atoms with Gasteiger partial charge in [0.25, 0.3) is 0 Å². The third kappa shape index (κ3) is 4.49. The van der Waals surface area contributed by atoms with Gasteiger partial charge in [0.2, 0.25) is 0 Å². The number of hydrogen-bond acceptors (Lipinski definition) is 4. The minimum Gasteiger partial charge on any atom is -0.379 e. The molecule has 2 unspecified atom stereocenters. The Bertz CT molecular complexity index is 860. The molecule has 5 rings (SSSR count). The predicted molar refractivity (Wildman–Crippen MR) is 126 cm³/mol. The van der Waals surface area contributed by atoms with E-state index in [9.17, 15) is 0 Å². The van der Waals surface area contributed by atoms with E-state index in [1.54, 1.807) is 0 Å². The Morgan fingerprint density at radius 3 is 2.68 bits per heavy atom. The molecule has 2 atom stereocenters. The van der Waals surface area contributed by atoms with Gasteiger partial charge in [0.05, 0.1) is 31.0 Å². The van der Waals surface area contributed by atoms with Crippen molar-refractivity contribution in [2.75, 3.05) is 39.4 Å². The van der Waals surface area contributed by atoms with Crippen LogP contribution in [0.25, 0.3) is 0 Å². The fraction of sp³-hybridized carbons (Fsp3) is 0.583. The summed E-state index contributed by atoms with van der Waals surface area (Å²) in [6.45, 7) is 5.81. The van der Waals surface area contributed by atoms with Gasteiger partial charge >= 0.3 is 0 Å². The molecule has 1 saturated carbocycles. The summed E-state index contributed by atoms with van der Waals surface area (Å²) in [5.74, 6) is 0. The summed E-state index contributed by atoms with van der Waals surface area (Å²) in [4.78, 5) is 9.61. The summed E-state index contributed by atoms with van der Waals surface area (Å²) in [5.41, 5.74) is 2.42. The zero-order valence-corrected chi connectivity index (χ0v) is 19.0. The van der Waals surface area contributed by atoms with Crippen LogP contribution in [0.3, 0.4) is 0 Å². The van der Waals surface area contributed by atoms with Crippen molar-refractivity contribution in [2.45, 2.75) is 50.2 Å². The summed E-state index contributed by atoms with van der Waals surface area (Å²) >= 11 is 5.86. The normalized spacial score (nSPS) is 25.3. The van der Waals surface area contributed by atoms with Crippen molar-refractivity contribution in [2.24, 2.45) is 0 Å². The van der Waals surface area contributed by atoms with Crippen molar-refractivity contribution in [3.05, 3.63) is 54.1 Å². The van der Waals surface area contributed by atoms with Gasteiger partial charge in [-0.15, -0.1) is 0 Å². The number of aromatic nitrogens is 2. The van der Waals surface area contributed by atoms with E-state index in [1.165, 1.54) is 31.4 Å². The highest BCUT2D eigenvalue weighted by atomic mass is 32.1. The molecule has 1 aliphatic carbocycles. The molecule has 2 aliphatic heterocycles. The number of thiocarbonyl (C=S) groups is 1. The Balaban J connectivity index is 1.39. The average molecular weight is 440 g/mol. The molecule has 3 fully saturated rings. The Morgan fingerprint density at radius 2 is 1.90 bits per heavy atom. The Labute approximate surface area is 190 Å². The van der Waals surface area contributed by atoms with E-state index >= 15 is 0 Å². The fourth-order valence-electron chi connectivity index (χ4n) is 5.43. The van der Waals surface area contributed by atoms with Gasteiger partial charge in [-0.3, -0.25) is 9.88 Å². The van der Waals surface area contributed by atoms with Crippen LogP contribution in [0.15, 0.2) is 42.7 Å². The van der Waals surface area contributed by atoms with Gasteiger partial charge < -0.3 is 19.5 Å². The molecule has 31 heavy (non-hydrogen) atoms. The van der Waals surface area contributed by atoms with Crippen molar-refractivity contribution >= 4 is 17.3 Å². The molecule has 0 spiro atoms. The smallest absolute Gasteiger partial charge is 0.170 e. The van der Waals surface area contributed by atoms with E-state index in [4.69, 9.17) is 21.9 Å². The second kappa shape index (κ2) is 9.67. The van der Waals surface area contributed by atoms with Gasteiger partial charge in [-0.1, -0.05) is 18.9 Å². The topological polar surface area (TPSA) is 45.6 Å². The van der Waals surface area contributed by atoms with E-state index in [1.807, 2.05) is 12.3 Å². The quantitative estimate of drug-likeness (QED) is 0.664. The molecule has 0 radical (unpaired) electrons. The monoisotopic (exact) mass is 439 g/mol. The second-order valence-corrected chi connectivity index (χ2v) is 9.29. The molecule has 3 aliphatic rings. The highest BCUT2D eigenvalue weighted by molar-refractivity contribution is 7.80. The number of nitrogens with zero attached hydrogens (tertiary/aromatic N) is 4. The molecule has 0 aromatic carbocycles. The minimum absolute atomic E-state index is 0.0761. The van der Waals surface area contributed by atoms with Crippen LogP contribution in [-0.2, 0) is 4.74 Å². The lowest BCUT2D eigenvalue weighted by molar-refractivity contribution is 0.0365. The molecule has 1 N–H and O–H groups in total. The standard InChI is InChI=1S/C24H33N5OS/c31-24-26-22(20-9-3-4-11-25-20)23(21-10-5-13-28(21)19-7-1-2-8-19)29(24)14-6-12-27-15-17-30-18-16-27/h3-5,9-11,13,19,22-23H,1-2,6-8,12,14-18H2,(H,26,31).